The number of amides is 2. The number of rotatable bonds is 3. The topological polar surface area (TPSA) is 52.7 Å². The van der Waals surface area contributed by atoms with E-state index in [1.807, 2.05) is 36.9 Å². The van der Waals surface area contributed by atoms with E-state index in [-0.39, 0.29) is 11.8 Å². The van der Waals surface area contributed by atoms with Gasteiger partial charge >= 0.3 is 0 Å². The van der Waals surface area contributed by atoms with Gasteiger partial charge in [0.1, 0.15) is 5.41 Å². The van der Waals surface area contributed by atoms with E-state index in [4.69, 9.17) is 0 Å². The molecule has 1 aliphatic carbocycles. The van der Waals surface area contributed by atoms with Crippen LogP contribution in [0.25, 0.3) is 0 Å². The third-order valence-corrected chi connectivity index (χ3v) is 5.10. The van der Waals surface area contributed by atoms with Gasteiger partial charge in [-0.15, -0.1) is 0 Å². The molecular formula is C18H25N3O2. The molecule has 2 amide bonds. The number of aryl methyl sites for hydroxylation is 2. The number of benzene rings is 1. The first kappa shape index (κ1) is 16.0. The Morgan fingerprint density at radius 2 is 1.61 bits per heavy atom. The quantitative estimate of drug-likeness (QED) is 0.865. The lowest BCUT2D eigenvalue weighted by molar-refractivity contribution is -0.143. The number of carbonyl (C=O) groups is 2. The van der Waals surface area contributed by atoms with E-state index >= 15 is 0 Å². The average molecular weight is 315 g/mol. The Bertz CT molecular complexity index is 609. The van der Waals surface area contributed by atoms with E-state index in [9.17, 15) is 9.59 Å². The van der Waals surface area contributed by atoms with Gasteiger partial charge in [-0.2, -0.15) is 0 Å². The fourth-order valence-electron chi connectivity index (χ4n) is 3.22. The van der Waals surface area contributed by atoms with Crippen molar-refractivity contribution in [3.63, 3.8) is 0 Å². The zero-order valence-electron chi connectivity index (χ0n) is 14.2. The number of piperazine rings is 1. The molecular weight excluding hydrogens is 290 g/mol. The van der Waals surface area contributed by atoms with Crippen LogP contribution in [-0.4, -0.2) is 54.8 Å². The van der Waals surface area contributed by atoms with Gasteiger partial charge in [0, 0.05) is 31.9 Å². The van der Waals surface area contributed by atoms with Crippen molar-refractivity contribution in [2.45, 2.75) is 26.7 Å². The Balaban J connectivity index is 1.73. The van der Waals surface area contributed by atoms with Gasteiger partial charge in [0.05, 0.1) is 0 Å². The number of hydrogen-bond donors (Lipinski definition) is 1. The highest BCUT2D eigenvalue weighted by molar-refractivity contribution is 6.13. The second-order valence-electron chi connectivity index (χ2n) is 6.90. The molecule has 23 heavy (non-hydrogen) atoms. The maximum atomic E-state index is 12.8. The highest BCUT2D eigenvalue weighted by Gasteiger charge is 2.58. The summed E-state index contributed by atoms with van der Waals surface area (Å²) in [6, 6.07) is 5.93. The molecule has 1 saturated carbocycles. The summed E-state index contributed by atoms with van der Waals surface area (Å²) in [5.74, 6) is -0.131. The zero-order chi connectivity index (χ0) is 16.6. The molecule has 0 atom stereocenters. The zero-order valence-corrected chi connectivity index (χ0v) is 14.2. The predicted octanol–water partition coefficient (Wildman–Crippen LogP) is 1.80. The van der Waals surface area contributed by atoms with E-state index < -0.39 is 5.41 Å². The predicted molar refractivity (Wildman–Crippen MR) is 90.3 cm³/mol. The smallest absolute Gasteiger partial charge is 0.240 e. The summed E-state index contributed by atoms with van der Waals surface area (Å²) in [6.45, 7) is 7.14. The van der Waals surface area contributed by atoms with Gasteiger partial charge < -0.3 is 15.1 Å². The molecule has 124 valence electrons. The lowest BCUT2D eigenvalue weighted by Crippen LogP contribution is -2.51. The maximum Gasteiger partial charge on any atom is 0.240 e. The lowest BCUT2D eigenvalue weighted by atomic mass is 10.0. The van der Waals surface area contributed by atoms with Gasteiger partial charge in [0.2, 0.25) is 11.8 Å². The summed E-state index contributed by atoms with van der Waals surface area (Å²) in [4.78, 5) is 29.7. The van der Waals surface area contributed by atoms with E-state index in [1.165, 1.54) is 0 Å². The molecule has 1 aliphatic heterocycles. The van der Waals surface area contributed by atoms with Gasteiger partial charge in [-0.05, 0) is 44.9 Å². The fraction of sp³-hybridized carbons (Fsp3) is 0.556. The average Bonchev–Trinajstić information content (AvgIpc) is 3.33. The maximum absolute atomic E-state index is 12.8. The molecule has 1 aromatic rings. The first-order valence-electron chi connectivity index (χ1n) is 8.30. The molecule has 5 nitrogen and oxygen atoms in total. The van der Waals surface area contributed by atoms with Gasteiger partial charge in [0.15, 0.2) is 0 Å². The van der Waals surface area contributed by atoms with Gasteiger partial charge in [-0.1, -0.05) is 18.2 Å². The SMILES string of the molecule is Cc1cccc(C)c1NC(=O)C1(C(=O)N2CCN(C)CC2)CC1. The minimum atomic E-state index is -0.829. The first-order chi connectivity index (χ1) is 10.9. The Hall–Kier alpha value is -1.88. The lowest BCUT2D eigenvalue weighted by Gasteiger charge is -2.34. The fourth-order valence-corrected chi connectivity index (χ4v) is 3.22. The molecule has 1 saturated heterocycles. The summed E-state index contributed by atoms with van der Waals surface area (Å²) >= 11 is 0. The van der Waals surface area contributed by atoms with Crippen molar-refractivity contribution >= 4 is 17.5 Å². The van der Waals surface area contributed by atoms with E-state index in [0.717, 1.165) is 29.9 Å². The Morgan fingerprint density at radius 3 is 2.13 bits per heavy atom. The van der Waals surface area contributed by atoms with Crippen LogP contribution in [0.5, 0.6) is 0 Å². The van der Waals surface area contributed by atoms with Gasteiger partial charge in [0.25, 0.3) is 0 Å². The van der Waals surface area contributed by atoms with E-state index in [1.54, 1.807) is 0 Å². The van der Waals surface area contributed by atoms with Crippen LogP contribution in [-0.2, 0) is 9.59 Å². The molecule has 1 heterocycles. The Morgan fingerprint density at radius 1 is 1.04 bits per heavy atom. The number of nitrogens with one attached hydrogen (secondary N) is 1. The second-order valence-corrected chi connectivity index (χ2v) is 6.90. The molecule has 5 heteroatoms. The number of hydrogen-bond acceptors (Lipinski definition) is 3. The largest absolute Gasteiger partial charge is 0.339 e. The van der Waals surface area contributed by atoms with Crippen LogP contribution in [0, 0.1) is 19.3 Å². The second kappa shape index (κ2) is 5.96. The summed E-state index contributed by atoms with van der Waals surface area (Å²) < 4.78 is 0. The van der Waals surface area contributed by atoms with Crippen LogP contribution in [0.4, 0.5) is 5.69 Å². The van der Waals surface area contributed by atoms with Crippen LogP contribution < -0.4 is 5.32 Å². The molecule has 0 aromatic heterocycles. The highest BCUT2D eigenvalue weighted by Crippen LogP contribution is 2.48. The summed E-state index contributed by atoms with van der Waals surface area (Å²) in [7, 11) is 2.06. The number of carbonyl (C=O) groups excluding carboxylic acids is 2. The molecule has 1 N–H and O–H groups in total. The van der Waals surface area contributed by atoms with Crippen LogP contribution in [0.3, 0.4) is 0 Å². The number of anilines is 1. The van der Waals surface area contributed by atoms with Crippen molar-refractivity contribution < 1.29 is 9.59 Å². The van der Waals surface area contributed by atoms with Gasteiger partial charge in [-0.3, -0.25) is 9.59 Å². The molecule has 0 spiro atoms. The minimum Gasteiger partial charge on any atom is -0.339 e. The summed E-state index contributed by atoms with van der Waals surface area (Å²) in [6.07, 6.45) is 1.32. The standard InChI is InChI=1S/C18H25N3O2/c1-13-5-4-6-14(2)15(13)19-16(22)18(7-8-18)17(23)21-11-9-20(3)10-12-21/h4-6H,7-12H2,1-3H3,(H,19,22). The molecule has 0 bridgehead atoms. The van der Waals surface area contributed by atoms with Crippen molar-refractivity contribution in [1.82, 2.24) is 9.80 Å². The van der Waals surface area contributed by atoms with Crippen LogP contribution in [0.2, 0.25) is 0 Å². The first-order valence-corrected chi connectivity index (χ1v) is 8.30. The third kappa shape index (κ3) is 2.98. The highest BCUT2D eigenvalue weighted by atomic mass is 16.2. The minimum absolute atomic E-state index is 0.00865. The Kier molecular flexibility index (Phi) is 4.15. The third-order valence-electron chi connectivity index (χ3n) is 5.10. The number of nitrogens with zero attached hydrogens (tertiary/aromatic N) is 2. The summed E-state index contributed by atoms with van der Waals surface area (Å²) in [5, 5.41) is 3.01. The van der Waals surface area contributed by atoms with Crippen LogP contribution in [0.15, 0.2) is 18.2 Å². The van der Waals surface area contributed by atoms with Crippen molar-refractivity contribution in [2.75, 3.05) is 38.5 Å². The van der Waals surface area contributed by atoms with Gasteiger partial charge in [-0.25, -0.2) is 0 Å². The van der Waals surface area contributed by atoms with Crippen molar-refractivity contribution in [3.05, 3.63) is 29.3 Å². The van der Waals surface area contributed by atoms with Crippen molar-refractivity contribution in [2.24, 2.45) is 5.41 Å². The van der Waals surface area contributed by atoms with E-state index in [0.29, 0.717) is 25.9 Å². The molecule has 1 aromatic carbocycles. The molecule has 2 aliphatic rings. The van der Waals surface area contributed by atoms with Crippen LogP contribution >= 0.6 is 0 Å². The summed E-state index contributed by atoms with van der Waals surface area (Å²) in [5.41, 5.74) is 2.07. The molecule has 0 unspecified atom stereocenters. The number of para-hydroxylation sites is 1. The monoisotopic (exact) mass is 315 g/mol. The van der Waals surface area contributed by atoms with Crippen LogP contribution in [0.1, 0.15) is 24.0 Å². The Labute approximate surface area is 137 Å². The molecule has 0 radical (unpaired) electrons. The van der Waals surface area contributed by atoms with E-state index in [2.05, 4.69) is 17.3 Å². The molecule has 2 fully saturated rings. The normalized spacial score (nSPS) is 20.2. The molecule has 3 rings (SSSR count). The van der Waals surface area contributed by atoms with Crippen molar-refractivity contribution in [3.8, 4) is 0 Å². The number of likely N-dealkylation sites (N-methyl/N-ethyl adjacent to an activating group) is 1. The van der Waals surface area contributed by atoms with Crippen molar-refractivity contribution in [1.29, 1.82) is 0 Å².